The van der Waals surface area contributed by atoms with E-state index in [1.54, 1.807) is 13.0 Å². The topological polar surface area (TPSA) is 80.6 Å². The molecule has 0 saturated heterocycles. The van der Waals surface area contributed by atoms with Gasteiger partial charge in [-0.2, -0.15) is 18.4 Å². The summed E-state index contributed by atoms with van der Waals surface area (Å²) in [4.78, 5) is 12.0. The molecular formula is C20H18BrF3N2O4. The first-order valence-corrected chi connectivity index (χ1v) is 9.60. The number of nitriles is 1. The summed E-state index contributed by atoms with van der Waals surface area (Å²) < 4.78 is 54.7. The van der Waals surface area contributed by atoms with Gasteiger partial charge in [0, 0.05) is 6.07 Å². The van der Waals surface area contributed by atoms with Gasteiger partial charge < -0.3 is 19.5 Å². The average Bonchev–Trinajstić information content (AvgIpc) is 2.70. The number of nitrogens with zero attached hydrogens (tertiary/aromatic N) is 1. The molecule has 0 heterocycles. The number of hydrogen-bond acceptors (Lipinski definition) is 5. The van der Waals surface area contributed by atoms with Crippen LogP contribution >= 0.6 is 15.9 Å². The predicted octanol–water partition coefficient (Wildman–Crippen LogP) is 4.31. The van der Waals surface area contributed by atoms with Crippen LogP contribution in [0, 0.1) is 11.3 Å². The third kappa shape index (κ3) is 6.84. The minimum absolute atomic E-state index is 0.0161. The number of benzene rings is 2. The van der Waals surface area contributed by atoms with Gasteiger partial charge in [-0.25, -0.2) is 0 Å². The number of halogens is 4. The number of carbonyl (C=O) groups excluding carboxylic acids is 1. The van der Waals surface area contributed by atoms with Gasteiger partial charge in [-0.15, -0.1) is 0 Å². The van der Waals surface area contributed by atoms with Gasteiger partial charge in [-0.05, 0) is 47.1 Å². The van der Waals surface area contributed by atoms with Crippen molar-refractivity contribution in [2.45, 2.75) is 13.1 Å². The van der Waals surface area contributed by atoms with E-state index >= 15 is 0 Å². The van der Waals surface area contributed by atoms with Crippen LogP contribution in [0.4, 0.5) is 13.2 Å². The molecule has 0 aromatic heterocycles. The Hall–Kier alpha value is -2.93. The molecule has 2 aromatic rings. The van der Waals surface area contributed by atoms with Gasteiger partial charge in [0.25, 0.3) is 5.91 Å². The zero-order valence-electron chi connectivity index (χ0n) is 15.9. The van der Waals surface area contributed by atoms with Gasteiger partial charge in [0.05, 0.1) is 34.8 Å². The molecule has 0 aliphatic heterocycles. The van der Waals surface area contributed by atoms with E-state index in [1.165, 1.54) is 18.2 Å². The fourth-order valence-electron chi connectivity index (χ4n) is 2.35. The van der Waals surface area contributed by atoms with E-state index in [9.17, 15) is 18.0 Å². The minimum Gasteiger partial charge on any atom is -0.492 e. The number of rotatable bonds is 9. The van der Waals surface area contributed by atoms with E-state index in [1.807, 2.05) is 6.07 Å². The lowest BCUT2D eigenvalue weighted by molar-refractivity contribution is -0.137. The Balaban J connectivity index is 1.83. The molecule has 0 fully saturated rings. The van der Waals surface area contributed by atoms with Crippen molar-refractivity contribution in [3.05, 3.63) is 52.0 Å². The highest BCUT2D eigenvalue weighted by Gasteiger charge is 2.30. The number of carbonyl (C=O) groups is 1. The largest absolute Gasteiger partial charge is 0.492 e. The van der Waals surface area contributed by atoms with Crippen molar-refractivity contribution in [1.82, 2.24) is 5.32 Å². The van der Waals surface area contributed by atoms with Crippen LogP contribution in [0.5, 0.6) is 17.2 Å². The Kier molecular flexibility index (Phi) is 8.35. The SMILES string of the molecule is CCOc1cc(C#N)cc(Br)c1OCC(=O)NCCOc1cccc(C(F)(F)F)c1. The summed E-state index contributed by atoms with van der Waals surface area (Å²) in [6, 6.07) is 9.53. The molecule has 0 unspecified atom stereocenters. The highest BCUT2D eigenvalue weighted by atomic mass is 79.9. The predicted molar refractivity (Wildman–Crippen MR) is 105 cm³/mol. The highest BCUT2D eigenvalue weighted by Crippen LogP contribution is 2.36. The van der Waals surface area contributed by atoms with E-state index in [4.69, 9.17) is 19.5 Å². The molecule has 1 amide bonds. The molecule has 160 valence electrons. The Morgan fingerprint density at radius 1 is 1.20 bits per heavy atom. The Morgan fingerprint density at radius 2 is 1.97 bits per heavy atom. The second-order valence-corrected chi connectivity index (χ2v) is 6.70. The number of nitrogens with one attached hydrogen (secondary N) is 1. The molecule has 0 radical (unpaired) electrons. The van der Waals surface area contributed by atoms with E-state index in [0.29, 0.717) is 22.4 Å². The standard InChI is InChI=1S/C20H18BrF3N2O4/c1-2-28-17-9-13(11-25)8-16(21)19(17)30-12-18(27)26-6-7-29-15-5-3-4-14(10-15)20(22,23)24/h3-5,8-10H,2,6-7,12H2,1H3,(H,26,27). The molecule has 2 aromatic carbocycles. The monoisotopic (exact) mass is 486 g/mol. The maximum Gasteiger partial charge on any atom is 0.416 e. The van der Waals surface area contributed by atoms with E-state index in [2.05, 4.69) is 21.2 Å². The summed E-state index contributed by atoms with van der Waals surface area (Å²) >= 11 is 3.28. The van der Waals surface area contributed by atoms with E-state index in [-0.39, 0.29) is 31.3 Å². The average molecular weight is 487 g/mol. The van der Waals surface area contributed by atoms with Crippen LogP contribution in [0.25, 0.3) is 0 Å². The maximum absolute atomic E-state index is 12.7. The molecule has 0 aliphatic carbocycles. The zero-order chi connectivity index (χ0) is 22.1. The van der Waals surface area contributed by atoms with Gasteiger partial charge in [0.2, 0.25) is 0 Å². The number of alkyl halides is 3. The minimum atomic E-state index is -4.45. The van der Waals surface area contributed by atoms with Crippen LogP contribution in [0.2, 0.25) is 0 Å². The van der Waals surface area contributed by atoms with Crippen LogP contribution in [0.15, 0.2) is 40.9 Å². The van der Waals surface area contributed by atoms with Crippen molar-refractivity contribution in [3.8, 4) is 23.3 Å². The third-order valence-corrected chi connectivity index (χ3v) is 4.23. The molecule has 0 aliphatic rings. The Morgan fingerprint density at radius 3 is 2.63 bits per heavy atom. The van der Waals surface area contributed by atoms with Crippen LogP contribution < -0.4 is 19.5 Å². The fourth-order valence-corrected chi connectivity index (χ4v) is 2.90. The van der Waals surface area contributed by atoms with Crippen molar-refractivity contribution >= 4 is 21.8 Å². The smallest absolute Gasteiger partial charge is 0.416 e. The zero-order valence-corrected chi connectivity index (χ0v) is 17.5. The van der Waals surface area contributed by atoms with Gasteiger partial charge in [-0.3, -0.25) is 4.79 Å². The second kappa shape index (κ2) is 10.7. The first kappa shape index (κ1) is 23.3. The van der Waals surface area contributed by atoms with E-state index in [0.717, 1.165) is 12.1 Å². The summed E-state index contributed by atoms with van der Waals surface area (Å²) in [6.45, 7) is 1.85. The summed E-state index contributed by atoms with van der Waals surface area (Å²) in [6.07, 6.45) is -4.45. The first-order valence-electron chi connectivity index (χ1n) is 8.80. The number of amides is 1. The normalized spacial score (nSPS) is 10.8. The number of hydrogen-bond donors (Lipinski definition) is 1. The molecule has 1 N–H and O–H groups in total. The lowest BCUT2D eigenvalue weighted by Crippen LogP contribution is -2.32. The lowest BCUT2D eigenvalue weighted by atomic mass is 10.2. The third-order valence-electron chi connectivity index (χ3n) is 3.64. The fraction of sp³-hybridized carbons (Fsp3) is 0.300. The highest BCUT2D eigenvalue weighted by molar-refractivity contribution is 9.10. The Bertz CT molecular complexity index is 929. The molecule has 6 nitrogen and oxygen atoms in total. The molecule has 0 saturated carbocycles. The van der Waals surface area contributed by atoms with Gasteiger partial charge in [0.1, 0.15) is 12.4 Å². The Labute approximate surface area is 179 Å². The van der Waals surface area contributed by atoms with Gasteiger partial charge in [0.15, 0.2) is 18.1 Å². The van der Waals surface area contributed by atoms with Crippen molar-refractivity contribution in [1.29, 1.82) is 5.26 Å². The van der Waals surface area contributed by atoms with Crippen LogP contribution in [0.3, 0.4) is 0 Å². The summed E-state index contributed by atoms with van der Waals surface area (Å²) in [5, 5.41) is 11.6. The molecule has 0 bridgehead atoms. The van der Waals surface area contributed by atoms with Crippen LogP contribution in [-0.4, -0.2) is 32.3 Å². The molecular weight excluding hydrogens is 469 g/mol. The van der Waals surface area contributed by atoms with Crippen molar-refractivity contribution < 1.29 is 32.2 Å². The maximum atomic E-state index is 12.7. The van der Waals surface area contributed by atoms with Crippen LogP contribution in [0.1, 0.15) is 18.1 Å². The molecule has 30 heavy (non-hydrogen) atoms. The molecule has 10 heteroatoms. The lowest BCUT2D eigenvalue weighted by Gasteiger charge is -2.14. The second-order valence-electron chi connectivity index (χ2n) is 5.84. The van der Waals surface area contributed by atoms with Crippen molar-refractivity contribution in [2.24, 2.45) is 0 Å². The van der Waals surface area contributed by atoms with Crippen molar-refractivity contribution in [2.75, 3.05) is 26.4 Å². The molecule has 2 rings (SSSR count). The summed E-state index contributed by atoms with van der Waals surface area (Å²) in [7, 11) is 0. The van der Waals surface area contributed by atoms with E-state index < -0.39 is 17.6 Å². The molecule has 0 spiro atoms. The quantitative estimate of drug-likeness (QED) is 0.534. The van der Waals surface area contributed by atoms with Crippen LogP contribution in [-0.2, 0) is 11.0 Å². The number of ether oxygens (including phenoxy) is 3. The van der Waals surface area contributed by atoms with Gasteiger partial charge >= 0.3 is 6.18 Å². The van der Waals surface area contributed by atoms with Crippen molar-refractivity contribution in [3.63, 3.8) is 0 Å². The summed E-state index contributed by atoms with van der Waals surface area (Å²) in [5.41, 5.74) is -0.440. The summed E-state index contributed by atoms with van der Waals surface area (Å²) in [5.74, 6) is 0.204. The first-order chi connectivity index (χ1) is 14.2. The molecule has 0 atom stereocenters. The van der Waals surface area contributed by atoms with Gasteiger partial charge in [-0.1, -0.05) is 6.07 Å².